The Labute approximate surface area is 221 Å². The number of alkyl halides is 6. The van der Waals surface area contributed by atoms with Crippen LogP contribution < -0.4 is 10.6 Å². The molecule has 2 aliphatic rings. The number of carbonyl (C=O) groups excluding carboxylic acids is 2. The summed E-state index contributed by atoms with van der Waals surface area (Å²) in [5.74, 6) is -0.403. The quantitative estimate of drug-likeness (QED) is 0.267. The lowest BCUT2D eigenvalue weighted by Crippen LogP contribution is -2.64. The van der Waals surface area contributed by atoms with Gasteiger partial charge in [-0.2, -0.15) is 26.3 Å². The molecule has 2 N–H and O–H groups in total. The summed E-state index contributed by atoms with van der Waals surface area (Å²) in [7, 11) is 0. The zero-order chi connectivity index (χ0) is 28.6. The highest BCUT2D eigenvalue weighted by molar-refractivity contribution is 6.07. The Balaban J connectivity index is 1.59. The van der Waals surface area contributed by atoms with E-state index in [1.807, 2.05) is 12.1 Å². The summed E-state index contributed by atoms with van der Waals surface area (Å²) < 4.78 is 86.1. The number of urea groups is 1. The van der Waals surface area contributed by atoms with E-state index in [1.165, 1.54) is 13.0 Å². The van der Waals surface area contributed by atoms with Crippen molar-refractivity contribution in [2.75, 3.05) is 19.7 Å². The minimum absolute atomic E-state index is 0.0413. The fourth-order valence-corrected chi connectivity index (χ4v) is 4.97. The number of piperidine rings is 1. The Morgan fingerprint density at radius 1 is 1.03 bits per heavy atom. The predicted octanol–water partition coefficient (Wildman–Crippen LogP) is 5.56. The number of amides is 3. The number of rotatable bonds is 7. The Kier molecular flexibility index (Phi) is 7.56. The van der Waals surface area contributed by atoms with E-state index in [1.54, 1.807) is 18.2 Å². The largest absolute Gasteiger partial charge is 0.416 e. The monoisotopic (exact) mass is 555 g/mol. The molecule has 0 aliphatic carbocycles. The molecule has 6 nitrogen and oxygen atoms in total. The normalized spacial score (nSPS) is 24.6. The van der Waals surface area contributed by atoms with Crippen LogP contribution in [0, 0.1) is 0 Å². The number of carbonyl (C=O) groups is 2. The van der Waals surface area contributed by atoms with E-state index in [-0.39, 0.29) is 44.2 Å². The van der Waals surface area contributed by atoms with Gasteiger partial charge in [-0.25, -0.2) is 4.79 Å². The first-order valence-corrected chi connectivity index (χ1v) is 12.2. The minimum atomic E-state index is -4.97. The van der Waals surface area contributed by atoms with Crippen LogP contribution >= 0.6 is 0 Å². The standard InChI is InChI=1S/C27H27F6N3O3/c1-3-11-36-22(37)24(35-23(36)38)9-10-25(34-15-24,19-7-5-4-6-8-19)16-39-17(2)18-12-20(26(28,29)30)14-21(13-18)27(31,32)33/h3-8,12-14,17,34H,1,9-11,15-16H2,2H3,(H,35,38). The second kappa shape index (κ2) is 10.3. The second-order valence-corrected chi connectivity index (χ2v) is 9.81. The lowest BCUT2D eigenvalue weighted by molar-refractivity contribution is -0.143. The first kappa shape index (κ1) is 28.6. The molecule has 12 heteroatoms. The third kappa shape index (κ3) is 5.67. The Morgan fingerprint density at radius 2 is 1.64 bits per heavy atom. The maximum absolute atomic E-state index is 13.4. The number of ether oxygens (including phenoxy) is 1. The fraction of sp³-hybridized carbons (Fsp3) is 0.407. The first-order chi connectivity index (χ1) is 18.2. The van der Waals surface area contributed by atoms with Crippen LogP contribution in [0.15, 0.2) is 61.2 Å². The molecule has 2 aromatic carbocycles. The van der Waals surface area contributed by atoms with Crippen LogP contribution in [0.3, 0.4) is 0 Å². The summed E-state index contributed by atoms with van der Waals surface area (Å²) in [5.41, 5.74) is -4.47. The molecule has 4 rings (SSSR count). The van der Waals surface area contributed by atoms with Crippen LogP contribution in [-0.4, -0.2) is 42.1 Å². The van der Waals surface area contributed by atoms with Crippen LogP contribution in [0.5, 0.6) is 0 Å². The summed E-state index contributed by atoms with van der Waals surface area (Å²) in [6.07, 6.45) is -9.12. The molecular formula is C27H27F6N3O3. The van der Waals surface area contributed by atoms with E-state index < -0.39 is 52.6 Å². The molecule has 2 fully saturated rings. The number of imide groups is 1. The van der Waals surface area contributed by atoms with Crippen molar-refractivity contribution >= 4 is 11.9 Å². The van der Waals surface area contributed by atoms with E-state index >= 15 is 0 Å². The molecule has 2 aromatic rings. The van der Waals surface area contributed by atoms with Gasteiger partial charge in [-0.1, -0.05) is 36.4 Å². The van der Waals surface area contributed by atoms with Gasteiger partial charge in [0.1, 0.15) is 5.54 Å². The third-order valence-corrected chi connectivity index (χ3v) is 7.25. The summed E-state index contributed by atoms with van der Waals surface area (Å²) >= 11 is 0. The zero-order valence-corrected chi connectivity index (χ0v) is 21.0. The molecular weight excluding hydrogens is 528 g/mol. The van der Waals surface area contributed by atoms with Gasteiger partial charge in [0.2, 0.25) is 0 Å². The number of hydrogen-bond acceptors (Lipinski definition) is 4. The van der Waals surface area contributed by atoms with Gasteiger partial charge in [0, 0.05) is 13.1 Å². The molecule has 2 saturated heterocycles. The Hall–Kier alpha value is -3.38. The van der Waals surface area contributed by atoms with Crippen molar-refractivity contribution in [3.63, 3.8) is 0 Å². The Morgan fingerprint density at radius 3 is 2.15 bits per heavy atom. The minimum Gasteiger partial charge on any atom is -0.372 e. The number of benzene rings is 2. The number of hydrogen-bond donors (Lipinski definition) is 2. The molecule has 1 spiro atoms. The van der Waals surface area contributed by atoms with Crippen molar-refractivity contribution < 1.29 is 40.7 Å². The average Bonchev–Trinajstić information content (AvgIpc) is 3.12. The van der Waals surface area contributed by atoms with Crippen molar-refractivity contribution in [1.82, 2.24) is 15.5 Å². The molecule has 2 heterocycles. The summed E-state index contributed by atoms with van der Waals surface area (Å²) in [6.45, 7) is 4.91. The Bertz CT molecular complexity index is 1210. The van der Waals surface area contributed by atoms with E-state index in [2.05, 4.69) is 17.2 Å². The second-order valence-electron chi connectivity index (χ2n) is 9.81. The molecule has 3 amide bonds. The van der Waals surface area contributed by atoms with Crippen LogP contribution in [0.25, 0.3) is 0 Å². The van der Waals surface area contributed by atoms with Crippen molar-refractivity contribution in [2.45, 2.75) is 49.3 Å². The third-order valence-electron chi connectivity index (χ3n) is 7.25. The summed E-state index contributed by atoms with van der Waals surface area (Å²) in [5, 5.41) is 6.05. The molecule has 210 valence electrons. The average molecular weight is 556 g/mol. The maximum Gasteiger partial charge on any atom is 0.416 e. The van der Waals surface area contributed by atoms with Crippen LogP contribution in [-0.2, 0) is 27.4 Å². The summed E-state index contributed by atoms with van der Waals surface area (Å²) in [6, 6.07) is 9.82. The van der Waals surface area contributed by atoms with Gasteiger partial charge in [0.05, 0.1) is 29.4 Å². The zero-order valence-electron chi connectivity index (χ0n) is 21.0. The summed E-state index contributed by atoms with van der Waals surface area (Å²) in [4.78, 5) is 26.5. The smallest absolute Gasteiger partial charge is 0.372 e. The van der Waals surface area contributed by atoms with Gasteiger partial charge in [-0.3, -0.25) is 9.69 Å². The SMILES string of the molecule is C=CCN1C(=O)NC2(CCC(COC(C)c3cc(C(F)(F)F)cc(C(F)(F)F)c3)(c3ccccc3)NC2)C1=O. The number of nitrogens with one attached hydrogen (secondary N) is 2. The molecule has 0 radical (unpaired) electrons. The van der Waals surface area contributed by atoms with Crippen molar-refractivity contribution in [3.05, 3.63) is 83.4 Å². The van der Waals surface area contributed by atoms with Crippen molar-refractivity contribution in [1.29, 1.82) is 0 Å². The van der Waals surface area contributed by atoms with Gasteiger partial charge in [-0.15, -0.1) is 6.58 Å². The molecule has 0 saturated carbocycles. The van der Waals surface area contributed by atoms with Gasteiger partial charge < -0.3 is 15.4 Å². The van der Waals surface area contributed by atoms with Gasteiger partial charge in [0.25, 0.3) is 5.91 Å². The lowest BCUT2D eigenvalue weighted by Gasteiger charge is -2.45. The maximum atomic E-state index is 13.4. The van der Waals surface area contributed by atoms with E-state index in [4.69, 9.17) is 4.74 Å². The highest BCUT2D eigenvalue weighted by atomic mass is 19.4. The van der Waals surface area contributed by atoms with Crippen LogP contribution in [0.2, 0.25) is 0 Å². The van der Waals surface area contributed by atoms with Gasteiger partial charge in [-0.05, 0) is 49.1 Å². The molecule has 2 aliphatic heterocycles. The molecule has 3 atom stereocenters. The molecule has 0 bridgehead atoms. The highest BCUT2D eigenvalue weighted by Crippen LogP contribution is 2.40. The molecule has 0 aromatic heterocycles. The van der Waals surface area contributed by atoms with Crippen LogP contribution in [0.1, 0.15) is 48.1 Å². The fourth-order valence-electron chi connectivity index (χ4n) is 4.97. The molecule has 39 heavy (non-hydrogen) atoms. The van der Waals surface area contributed by atoms with Crippen molar-refractivity contribution in [2.24, 2.45) is 0 Å². The predicted molar refractivity (Wildman–Crippen MR) is 129 cm³/mol. The van der Waals surface area contributed by atoms with E-state index in [9.17, 15) is 35.9 Å². The van der Waals surface area contributed by atoms with Gasteiger partial charge in [0.15, 0.2) is 0 Å². The van der Waals surface area contributed by atoms with Gasteiger partial charge >= 0.3 is 18.4 Å². The topological polar surface area (TPSA) is 70.7 Å². The van der Waals surface area contributed by atoms with E-state index in [0.29, 0.717) is 12.1 Å². The first-order valence-electron chi connectivity index (χ1n) is 12.2. The number of nitrogens with zero attached hydrogens (tertiary/aromatic N) is 1. The highest BCUT2D eigenvalue weighted by Gasteiger charge is 2.55. The van der Waals surface area contributed by atoms with Crippen molar-refractivity contribution in [3.8, 4) is 0 Å². The number of halogens is 6. The lowest BCUT2D eigenvalue weighted by atomic mass is 9.76. The van der Waals surface area contributed by atoms with Crippen LogP contribution in [0.4, 0.5) is 31.1 Å². The van der Waals surface area contributed by atoms with E-state index in [0.717, 1.165) is 10.5 Å². The molecule has 3 unspecified atom stereocenters.